The number of aliphatic imine (C=N–C) groups is 1. The Hall–Kier alpha value is -0.380. The first-order chi connectivity index (χ1) is 8.20. The van der Waals surface area contributed by atoms with Crippen LogP contribution in [0.5, 0.6) is 0 Å². The molecular weight excluding hydrogens is 230 g/mol. The fourth-order valence-electron chi connectivity index (χ4n) is 1.52. The number of unbranched alkanes of at least 4 members (excludes halogenated alkanes) is 1. The van der Waals surface area contributed by atoms with Gasteiger partial charge in [0.05, 0.1) is 0 Å². The van der Waals surface area contributed by atoms with E-state index < -0.39 is 0 Å². The molecule has 102 valence electrons. The van der Waals surface area contributed by atoms with Crippen molar-refractivity contribution in [1.82, 2.24) is 10.6 Å². The highest BCUT2D eigenvalue weighted by Gasteiger charge is 1.97. The maximum Gasteiger partial charge on any atom is 0.190 e. The third-order valence-corrected chi connectivity index (χ3v) is 3.24. The van der Waals surface area contributed by atoms with Gasteiger partial charge in [0, 0.05) is 20.1 Å². The summed E-state index contributed by atoms with van der Waals surface area (Å²) in [6, 6.07) is 0. The van der Waals surface area contributed by atoms with Crippen LogP contribution in [0, 0.1) is 5.92 Å². The van der Waals surface area contributed by atoms with Gasteiger partial charge < -0.3 is 10.6 Å². The summed E-state index contributed by atoms with van der Waals surface area (Å²) in [7, 11) is 1.83. The SMILES string of the molecule is CN=C(NCCCCSC)NCCCC(C)C. The first kappa shape index (κ1) is 16.6. The Labute approximate surface area is 111 Å². The van der Waals surface area contributed by atoms with Gasteiger partial charge in [-0.25, -0.2) is 0 Å². The predicted octanol–water partition coefficient (Wildman–Crippen LogP) is 2.73. The molecular formula is C13H29N3S. The van der Waals surface area contributed by atoms with Crippen LogP contribution in [-0.2, 0) is 0 Å². The molecule has 0 aliphatic carbocycles. The molecule has 0 aliphatic rings. The molecule has 4 heteroatoms. The topological polar surface area (TPSA) is 36.4 Å². The zero-order valence-corrected chi connectivity index (χ0v) is 12.7. The largest absolute Gasteiger partial charge is 0.356 e. The Balaban J connectivity index is 3.44. The Bertz CT molecular complexity index is 193. The lowest BCUT2D eigenvalue weighted by molar-refractivity contribution is 0.549. The van der Waals surface area contributed by atoms with Gasteiger partial charge in [0.1, 0.15) is 0 Å². The van der Waals surface area contributed by atoms with E-state index >= 15 is 0 Å². The highest BCUT2D eigenvalue weighted by atomic mass is 32.2. The smallest absolute Gasteiger partial charge is 0.190 e. The molecule has 3 nitrogen and oxygen atoms in total. The Morgan fingerprint density at radius 2 is 1.76 bits per heavy atom. The summed E-state index contributed by atoms with van der Waals surface area (Å²) in [5, 5.41) is 6.70. The van der Waals surface area contributed by atoms with Gasteiger partial charge in [-0.3, -0.25) is 4.99 Å². The quantitative estimate of drug-likeness (QED) is 0.380. The van der Waals surface area contributed by atoms with Crippen LogP contribution in [-0.4, -0.2) is 38.1 Å². The number of nitrogens with zero attached hydrogens (tertiary/aromatic N) is 1. The van der Waals surface area contributed by atoms with Crippen molar-refractivity contribution in [3.8, 4) is 0 Å². The monoisotopic (exact) mass is 259 g/mol. The molecule has 0 aromatic carbocycles. The number of thioether (sulfide) groups is 1. The van der Waals surface area contributed by atoms with E-state index in [1.165, 1.54) is 31.4 Å². The second-order valence-corrected chi connectivity index (χ2v) is 5.65. The van der Waals surface area contributed by atoms with Gasteiger partial charge in [0.2, 0.25) is 0 Å². The number of rotatable bonds is 9. The van der Waals surface area contributed by atoms with Gasteiger partial charge in [-0.15, -0.1) is 0 Å². The summed E-state index contributed by atoms with van der Waals surface area (Å²) in [5.74, 6) is 2.98. The molecule has 2 N–H and O–H groups in total. The molecule has 0 heterocycles. The van der Waals surface area contributed by atoms with Crippen LogP contribution >= 0.6 is 11.8 Å². The first-order valence-electron chi connectivity index (χ1n) is 6.64. The lowest BCUT2D eigenvalue weighted by Gasteiger charge is -2.12. The van der Waals surface area contributed by atoms with Gasteiger partial charge >= 0.3 is 0 Å². The van der Waals surface area contributed by atoms with Crippen molar-refractivity contribution < 1.29 is 0 Å². The van der Waals surface area contributed by atoms with E-state index in [2.05, 4.69) is 35.7 Å². The highest BCUT2D eigenvalue weighted by Crippen LogP contribution is 2.01. The fourth-order valence-corrected chi connectivity index (χ4v) is 2.01. The van der Waals surface area contributed by atoms with Crippen molar-refractivity contribution >= 4 is 17.7 Å². The van der Waals surface area contributed by atoms with Crippen molar-refractivity contribution in [2.45, 2.75) is 39.5 Å². The Kier molecular flexibility index (Phi) is 11.8. The van der Waals surface area contributed by atoms with Crippen LogP contribution < -0.4 is 10.6 Å². The van der Waals surface area contributed by atoms with Crippen LogP contribution in [0.2, 0.25) is 0 Å². The van der Waals surface area contributed by atoms with Crippen molar-refractivity contribution in [3.05, 3.63) is 0 Å². The summed E-state index contributed by atoms with van der Waals surface area (Å²) in [6.45, 7) is 6.56. The van der Waals surface area contributed by atoms with Crippen LogP contribution in [0.3, 0.4) is 0 Å². The molecule has 0 fully saturated rings. The molecule has 0 bridgehead atoms. The first-order valence-corrected chi connectivity index (χ1v) is 8.03. The van der Waals surface area contributed by atoms with Gasteiger partial charge in [-0.05, 0) is 43.6 Å². The maximum absolute atomic E-state index is 4.21. The van der Waals surface area contributed by atoms with E-state index in [1.54, 1.807) is 0 Å². The normalized spacial score (nSPS) is 11.9. The van der Waals surface area contributed by atoms with Gasteiger partial charge in [-0.1, -0.05) is 13.8 Å². The van der Waals surface area contributed by atoms with E-state index in [9.17, 15) is 0 Å². The molecule has 0 amide bonds. The number of nitrogens with one attached hydrogen (secondary N) is 2. The van der Waals surface area contributed by atoms with Gasteiger partial charge in [0.25, 0.3) is 0 Å². The lowest BCUT2D eigenvalue weighted by atomic mass is 10.1. The second-order valence-electron chi connectivity index (χ2n) is 4.66. The molecule has 0 spiro atoms. The Morgan fingerprint density at radius 3 is 2.29 bits per heavy atom. The molecule has 0 saturated carbocycles. The van der Waals surface area contributed by atoms with E-state index in [0.29, 0.717) is 0 Å². The fraction of sp³-hybridized carbons (Fsp3) is 0.923. The van der Waals surface area contributed by atoms with Crippen LogP contribution in [0.1, 0.15) is 39.5 Å². The molecule has 17 heavy (non-hydrogen) atoms. The maximum atomic E-state index is 4.21. The third-order valence-electron chi connectivity index (χ3n) is 2.54. The zero-order chi connectivity index (χ0) is 12.9. The molecule has 0 aromatic heterocycles. The van der Waals surface area contributed by atoms with Crippen molar-refractivity contribution in [1.29, 1.82) is 0 Å². The van der Waals surface area contributed by atoms with Gasteiger partial charge in [-0.2, -0.15) is 11.8 Å². The zero-order valence-electron chi connectivity index (χ0n) is 11.9. The van der Waals surface area contributed by atoms with E-state index in [4.69, 9.17) is 0 Å². The number of guanidine groups is 1. The third kappa shape index (κ3) is 11.9. The van der Waals surface area contributed by atoms with Gasteiger partial charge in [0.15, 0.2) is 5.96 Å². The standard InChI is InChI=1S/C13H29N3S/c1-12(2)8-7-10-16-13(14-3)15-9-5-6-11-17-4/h12H,5-11H2,1-4H3,(H2,14,15,16). The minimum absolute atomic E-state index is 0.790. The number of hydrogen-bond acceptors (Lipinski definition) is 2. The average molecular weight is 259 g/mol. The summed E-state index contributed by atoms with van der Waals surface area (Å²) in [4.78, 5) is 4.21. The summed E-state index contributed by atoms with van der Waals surface area (Å²) in [5.41, 5.74) is 0. The van der Waals surface area contributed by atoms with E-state index in [-0.39, 0.29) is 0 Å². The number of hydrogen-bond donors (Lipinski definition) is 2. The summed E-state index contributed by atoms with van der Waals surface area (Å²) < 4.78 is 0. The molecule has 0 rings (SSSR count). The molecule has 0 saturated heterocycles. The summed E-state index contributed by atoms with van der Waals surface area (Å²) in [6.07, 6.45) is 7.14. The molecule has 0 aliphatic heterocycles. The molecule has 0 aromatic rings. The van der Waals surface area contributed by atoms with E-state index in [0.717, 1.165) is 25.0 Å². The summed E-state index contributed by atoms with van der Waals surface area (Å²) >= 11 is 1.91. The van der Waals surface area contributed by atoms with Crippen molar-refractivity contribution in [2.24, 2.45) is 10.9 Å². The van der Waals surface area contributed by atoms with Crippen LogP contribution in [0.4, 0.5) is 0 Å². The minimum Gasteiger partial charge on any atom is -0.356 e. The van der Waals surface area contributed by atoms with Crippen LogP contribution in [0.25, 0.3) is 0 Å². The molecule has 0 radical (unpaired) electrons. The van der Waals surface area contributed by atoms with Crippen molar-refractivity contribution in [3.63, 3.8) is 0 Å². The molecule has 0 unspecified atom stereocenters. The molecule has 0 atom stereocenters. The van der Waals surface area contributed by atoms with E-state index in [1.807, 2.05) is 18.8 Å². The lowest BCUT2D eigenvalue weighted by Crippen LogP contribution is -2.38. The van der Waals surface area contributed by atoms with Crippen LogP contribution in [0.15, 0.2) is 4.99 Å². The second kappa shape index (κ2) is 12.1. The van der Waals surface area contributed by atoms with Crippen molar-refractivity contribution in [2.75, 3.05) is 32.1 Å². The highest BCUT2D eigenvalue weighted by molar-refractivity contribution is 7.98. The average Bonchev–Trinajstić information content (AvgIpc) is 2.31. The Morgan fingerprint density at radius 1 is 1.12 bits per heavy atom. The minimum atomic E-state index is 0.790. The predicted molar refractivity (Wildman–Crippen MR) is 81.1 cm³/mol.